The van der Waals surface area contributed by atoms with Crippen LogP contribution in [0, 0.1) is 6.92 Å². The van der Waals surface area contributed by atoms with Crippen LogP contribution in [0.1, 0.15) is 66.0 Å². The molecule has 1 aromatic heterocycles. The Morgan fingerprint density at radius 1 is 1.25 bits per heavy atom. The third-order valence-electron chi connectivity index (χ3n) is 5.44. The summed E-state index contributed by atoms with van der Waals surface area (Å²) in [6, 6.07) is 8.63. The quantitative estimate of drug-likeness (QED) is 0.854. The average Bonchev–Trinajstić information content (AvgIpc) is 3.22. The van der Waals surface area contributed by atoms with Crippen molar-refractivity contribution < 1.29 is 4.79 Å². The molecule has 4 nitrogen and oxygen atoms in total. The Morgan fingerprint density at radius 2 is 2.04 bits per heavy atom. The highest BCUT2D eigenvalue weighted by atomic mass is 16.2. The highest BCUT2D eigenvalue weighted by Crippen LogP contribution is 2.35. The summed E-state index contributed by atoms with van der Waals surface area (Å²) in [5.41, 5.74) is 5.35. The molecule has 4 heteroatoms. The molecule has 0 saturated heterocycles. The van der Waals surface area contributed by atoms with E-state index in [1.807, 2.05) is 17.0 Å². The fraction of sp³-hybridized carbons (Fsp3) is 0.500. The SMILES string of the molecule is CCc1nn(C2CCCC2)c2c1CCN(c1cccc(C)c1)C2=O. The Labute approximate surface area is 143 Å². The number of rotatable bonds is 3. The molecule has 2 aromatic rings. The fourth-order valence-electron chi connectivity index (χ4n) is 4.20. The standard InChI is InChI=1S/C20H25N3O/c1-3-18-17-11-12-22(16-10-6-7-14(2)13-16)20(24)19(17)23(21-18)15-8-4-5-9-15/h6-7,10,13,15H,3-5,8-9,11-12H2,1-2H3. The van der Waals surface area contributed by atoms with Gasteiger partial charge in [0.25, 0.3) is 5.91 Å². The number of amides is 1. The molecule has 24 heavy (non-hydrogen) atoms. The Balaban J connectivity index is 1.77. The third-order valence-corrected chi connectivity index (χ3v) is 5.44. The predicted octanol–water partition coefficient (Wildman–Crippen LogP) is 4.07. The molecule has 126 valence electrons. The number of benzene rings is 1. The molecule has 0 radical (unpaired) electrons. The van der Waals surface area contributed by atoms with Crippen LogP contribution >= 0.6 is 0 Å². The summed E-state index contributed by atoms with van der Waals surface area (Å²) in [6.45, 7) is 4.96. The van der Waals surface area contributed by atoms with E-state index in [0.29, 0.717) is 6.04 Å². The monoisotopic (exact) mass is 323 g/mol. The number of aromatic nitrogens is 2. The first-order chi connectivity index (χ1) is 11.7. The summed E-state index contributed by atoms with van der Waals surface area (Å²) in [5, 5.41) is 4.86. The largest absolute Gasteiger partial charge is 0.307 e. The Hall–Kier alpha value is -2.10. The molecule has 0 spiro atoms. The normalized spacial score (nSPS) is 18.2. The van der Waals surface area contributed by atoms with Crippen LogP contribution in [0.5, 0.6) is 0 Å². The lowest BCUT2D eigenvalue weighted by Gasteiger charge is -2.29. The minimum atomic E-state index is 0.126. The van der Waals surface area contributed by atoms with Gasteiger partial charge < -0.3 is 4.90 Å². The van der Waals surface area contributed by atoms with Crippen molar-refractivity contribution in [2.45, 2.75) is 58.4 Å². The van der Waals surface area contributed by atoms with Gasteiger partial charge in [-0.3, -0.25) is 9.48 Å². The molecular weight excluding hydrogens is 298 g/mol. The fourth-order valence-corrected chi connectivity index (χ4v) is 4.20. The van der Waals surface area contributed by atoms with Crippen molar-refractivity contribution in [2.24, 2.45) is 0 Å². The summed E-state index contributed by atoms with van der Waals surface area (Å²) in [7, 11) is 0. The van der Waals surface area contributed by atoms with Gasteiger partial charge in [-0.1, -0.05) is 31.9 Å². The van der Waals surface area contributed by atoms with E-state index in [2.05, 4.69) is 30.7 Å². The molecule has 1 fully saturated rings. The number of carbonyl (C=O) groups is 1. The maximum absolute atomic E-state index is 13.3. The minimum Gasteiger partial charge on any atom is -0.307 e. The van der Waals surface area contributed by atoms with Gasteiger partial charge >= 0.3 is 0 Å². The zero-order chi connectivity index (χ0) is 16.7. The molecule has 2 aliphatic rings. The zero-order valence-electron chi connectivity index (χ0n) is 14.6. The molecule has 1 amide bonds. The van der Waals surface area contributed by atoms with Gasteiger partial charge in [-0.2, -0.15) is 5.10 Å². The first-order valence-electron chi connectivity index (χ1n) is 9.18. The number of fused-ring (bicyclic) bond motifs is 1. The number of nitrogens with zero attached hydrogens (tertiary/aromatic N) is 3. The zero-order valence-corrected chi connectivity index (χ0v) is 14.6. The van der Waals surface area contributed by atoms with Gasteiger partial charge in [0.15, 0.2) is 0 Å². The van der Waals surface area contributed by atoms with Crippen LogP contribution in [0.15, 0.2) is 24.3 Å². The summed E-state index contributed by atoms with van der Waals surface area (Å²) in [6.07, 6.45) is 6.60. The van der Waals surface area contributed by atoms with Gasteiger partial charge in [-0.05, 0) is 50.3 Å². The summed E-state index contributed by atoms with van der Waals surface area (Å²) >= 11 is 0. The van der Waals surface area contributed by atoms with Gasteiger partial charge in [-0.25, -0.2) is 0 Å². The van der Waals surface area contributed by atoms with E-state index in [0.717, 1.165) is 49.3 Å². The van der Waals surface area contributed by atoms with Crippen molar-refractivity contribution in [3.63, 3.8) is 0 Å². The molecule has 2 heterocycles. The van der Waals surface area contributed by atoms with E-state index < -0.39 is 0 Å². The van der Waals surface area contributed by atoms with Crippen molar-refractivity contribution >= 4 is 11.6 Å². The predicted molar refractivity (Wildman–Crippen MR) is 95.7 cm³/mol. The molecule has 0 atom stereocenters. The number of hydrogen-bond acceptors (Lipinski definition) is 2. The van der Waals surface area contributed by atoms with E-state index in [1.165, 1.54) is 24.0 Å². The molecule has 1 aliphatic heterocycles. The molecule has 0 N–H and O–H groups in total. The van der Waals surface area contributed by atoms with Crippen molar-refractivity contribution in [3.8, 4) is 0 Å². The van der Waals surface area contributed by atoms with Gasteiger partial charge in [0.2, 0.25) is 0 Å². The van der Waals surface area contributed by atoms with Crippen LogP contribution in [0.4, 0.5) is 5.69 Å². The van der Waals surface area contributed by atoms with Crippen LogP contribution in [-0.2, 0) is 12.8 Å². The van der Waals surface area contributed by atoms with Crippen molar-refractivity contribution in [2.75, 3.05) is 11.4 Å². The summed E-state index contributed by atoms with van der Waals surface area (Å²) in [5.74, 6) is 0.126. The van der Waals surface area contributed by atoms with Gasteiger partial charge in [0.1, 0.15) is 5.69 Å². The van der Waals surface area contributed by atoms with Crippen molar-refractivity contribution in [1.82, 2.24) is 9.78 Å². The number of hydrogen-bond donors (Lipinski definition) is 0. The maximum Gasteiger partial charge on any atom is 0.276 e. The van der Waals surface area contributed by atoms with Crippen LogP contribution < -0.4 is 4.90 Å². The molecule has 0 unspecified atom stereocenters. The van der Waals surface area contributed by atoms with Crippen LogP contribution in [0.25, 0.3) is 0 Å². The van der Waals surface area contributed by atoms with Crippen LogP contribution in [0.3, 0.4) is 0 Å². The Morgan fingerprint density at radius 3 is 2.75 bits per heavy atom. The summed E-state index contributed by atoms with van der Waals surface area (Å²) in [4.78, 5) is 15.2. The lowest BCUT2D eigenvalue weighted by atomic mass is 10.0. The van der Waals surface area contributed by atoms with E-state index in [1.54, 1.807) is 0 Å². The van der Waals surface area contributed by atoms with Gasteiger partial charge in [0.05, 0.1) is 11.7 Å². The van der Waals surface area contributed by atoms with E-state index in [-0.39, 0.29) is 5.91 Å². The molecule has 4 rings (SSSR count). The number of carbonyl (C=O) groups excluding carboxylic acids is 1. The van der Waals surface area contributed by atoms with Gasteiger partial charge in [-0.15, -0.1) is 0 Å². The molecule has 1 saturated carbocycles. The van der Waals surface area contributed by atoms with Gasteiger partial charge in [0, 0.05) is 17.8 Å². The lowest BCUT2D eigenvalue weighted by Crippen LogP contribution is -2.39. The van der Waals surface area contributed by atoms with Crippen LogP contribution in [-0.4, -0.2) is 22.2 Å². The Kier molecular flexibility index (Phi) is 3.91. The second-order valence-electron chi connectivity index (χ2n) is 7.06. The topological polar surface area (TPSA) is 38.1 Å². The lowest BCUT2D eigenvalue weighted by molar-refractivity contribution is 0.0967. The molecule has 1 aliphatic carbocycles. The van der Waals surface area contributed by atoms with E-state index >= 15 is 0 Å². The van der Waals surface area contributed by atoms with E-state index in [9.17, 15) is 4.79 Å². The van der Waals surface area contributed by atoms with Crippen molar-refractivity contribution in [1.29, 1.82) is 0 Å². The second kappa shape index (κ2) is 6.08. The maximum atomic E-state index is 13.3. The van der Waals surface area contributed by atoms with E-state index in [4.69, 9.17) is 5.10 Å². The third kappa shape index (κ3) is 2.45. The second-order valence-corrected chi connectivity index (χ2v) is 7.06. The minimum absolute atomic E-state index is 0.126. The number of anilines is 1. The highest BCUT2D eigenvalue weighted by molar-refractivity contribution is 6.07. The molecular formula is C20H25N3O. The number of aryl methyl sites for hydroxylation is 2. The Bertz CT molecular complexity index is 771. The average molecular weight is 323 g/mol. The highest BCUT2D eigenvalue weighted by Gasteiger charge is 2.34. The first-order valence-corrected chi connectivity index (χ1v) is 9.18. The summed E-state index contributed by atoms with van der Waals surface area (Å²) < 4.78 is 2.07. The van der Waals surface area contributed by atoms with Crippen LogP contribution in [0.2, 0.25) is 0 Å². The molecule has 1 aromatic carbocycles. The van der Waals surface area contributed by atoms with Crippen molar-refractivity contribution in [3.05, 3.63) is 46.8 Å². The first kappa shape index (κ1) is 15.4. The smallest absolute Gasteiger partial charge is 0.276 e. The molecule has 0 bridgehead atoms.